The molecule has 0 bridgehead atoms. The van der Waals surface area contributed by atoms with Crippen molar-refractivity contribution in [3.05, 3.63) is 36.0 Å². The molecule has 0 radical (unpaired) electrons. The lowest BCUT2D eigenvalue weighted by atomic mass is 10.1. The molecule has 0 aliphatic carbocycles. The number of fused-ring (bicyclic) bond motifs is 1. The monoisotopic (exact) mass is 391 g/mol. The minimum absolute atomic E-state index is 0.00461. The van der Waals surface area contributed by atoms with Crippen LogP contribution in [0.15, 0.2) is 30.5 Å². The predicted molar refractivity (Wildman–Crippen MR) is 104 cm³/mol. The van der Waals surface area contributed by atoms with Crippen LogP contribution in [0, 0.1) is 0 Å². The number of hydrogen-bond donors (Lipinski definition) is 1. The smallest absolute Gasteiger partial charge is 0.242 e. The summed E-state index contributed by atoms with van der Waals surface area (Å²) >= 11 is 0. The Balaban J connectivity index is 1.62. The molecule has 1 aliphatic heterocycles. The lowest BCUT2D eigenvalue weighted by Crippen LogP contribution is -2.45. The molecular weight excluding hydrogens is 366 g/mol. The number of sulfone groups is 1. The highest BCUT2D eigenvalue weighted by atomic mass is 32.2. The van der Waals surface area contributed by atoms with Crippen LogP contribution in [0.2, 0.25) is 0 Å². The van der Waals surface area contributed by atoms with Crippen molar-refractivity contribution < 1.29 is 18.0 Å². The summed E-state index contributed by atoms with van der Waals surface area (Å²) in [6.45, 7) is 1.84. The van der Waals surface area contributed by atoms with E-state index in [2.05, 4.69) is 4.98 Å². The first-order chi connectivity index (χ1) is 12.8. The van der Waals surface area contributed by atoms with Crippen LogP contribution in [0.4, 0.5) is 0 Å². The minimum atomic E-state index is -3.06. The first-order valence-corrected chi connectivity index (χ1v) is 10.9. The second-order valence-electron chi connectivity index (χ2n) is 7.11. The average molecular weight is 391 g/mol. The summed E-state index contributed by atoms with van der Waals surface area (Å²) in [5.41, 5.74) is 2.14. The average Bonchev–Trinajstić information content (AvgIpc) is 3.20. The molecule has 2 heterocycles. The predicted octanol–water partition coefficient (Wildman–Crippen LogP) is 1.20. The highest BCUT2D eigenvalue weighted by Gasteiger charge is 2.33. The molecule has 1 aromatic carbocycles. The van der Waals surface area contributed by atoms with E-state index in [-0.39, 0.29) is 35.9 Å². The number of nitrogens with zero attached hydrogens (tertiary/aromatic N) is 2. The van der Waals surface area contributed by atoms with Crippen molar-refractivity contribution in [3.8, 4) is 0 Å². The maximum atomic E-state index is 12.6. The standard InChI is InChI=1S/C19H25N3O4S/c1-14(23)22(9-7-15-11-20-18-6-4-3-5-17(15)18)12-19(24)21(2)16-8-10-27(25,26)13-16/h3-6,11,16,20H,7-10,12-13H2,1-2H3. The van der Waals surface area contributed by atoms with Gasteiger partial charge in [0.15, 0.2) is 9.84 Å². The fourth-order valence-electron chi connectivity index (χ4n) is 3.50. The second-order valence-corrected chi connectivity index (χ2v) is 9.34. The zero-order chi connectivity index (χ0) is 19.6. The van der Waals surface area contributed by atoms with Gasteiger partial charge in [0.25, 0.3) is 0 Å². The first-order valence-electron chi connectivity index (χ1n) is 9.03. The third-order valence-corrected chi connectivity index (χ3v) is 7.00. The van der Waals surface area contributed by atoms with E-state index in [1.54, 1.807) is 7.05 Å². The van der Waals surface area contributed by atoms with Crippen molar-refractivity contribution in [2.75, 3.05) is 31.6 Å². The number of H-pyrrole nitrogens is 1. The highest BCUT2D eigenvalue weighted by Crippen LogP contribution is 2.19. The van der Waals surface area contributed by atoms with E-state index in [9.17, 15) is 18.0 Å². The number of hydrogen-bond acceptors (Lipinski definition) is 4. The molecule has 1 atom stereocenters. The third kappa shape index (κ3) is 4.50. The van der Waals surface area contributed by atoms with E-state index < -0.39 is 9.84 Å². The van der Waals surface area contributed by atoms with Crippen LogP contribution in [0.1, 0.15) is 18.9 Å². The number of carbonyl (C=O) groups excluding carboxylic acids is 2. The van der Waals surface area contributed by atoms with Crippen molar-refractivity contribution in [3.63, 3.8) is 0 Å². The van der Waals surface area contributed by atoms with Gasteiger partial charge in [0, 0.05) is 43.7 Å². The molecule has 2 amide bonds. The molecule has 0 spiro atoms. The van der Waals surface area contributed by atoms with E-state index >= 15 is 0 Å². The Bertz CT molecular complexity index is 951. The fourth-order valence-corrected chi connectivity index (χ4v) is 5.28. The van der Waals surface area contributed by atoms with Crippen molar-refractivity contribution >= 4 is 32.6 Å². The summed E-state index contributed by atoms with van der Waals surface area (Å²) in [4.78, 5) is 30.8. The number of aromatic nitrogens is 1. The molecule has 8 heteroatoms. The number of benzene rings is 1. The van der Waals surface area contributed by atoms with Crippen molar-refractivity contribution in [2.24, 2.45) is 0 Å². The molecule has 0 saturated carbocycles. The Morgan fingerprint density at radius 2 is 2.00 bits per heavy atom. The second kappa shape index (κ2) is 7.72. The SMILES string of the molecule is CC(=O)N(CCc1c[nH]c2ccccc12)CC(=O)N(C)C1CCS(=O)(=O)C1. The van der Waals surface area contributed by atoms with E-state index in [4.69, 9.17) is 0 Å². The van der Waals surface area contributed by atoms with Gasteiger partial charge in [0.2, 0.25) is 11.8 Å². The van der Waals surface area contributed by atoms with Crippen molar-refractivity contribution in [2.45, 2.75) is 25.8 Å². The van der Waals surface area contributed by atoms with Crippen LogP contribution < -0.4 is 0 Å². The van der Waals surface area contributed by atoms with Gasteiger partial charge < -0.3 is 14.8 Å². The molecule has 7 nitrogen and oxygen atoms in total. The van der Waals surface area contributed by atoms with Crippen LogP contribution >= 0.6 is 0 Å². The van der Waals surface area contributed by atoms with Gasteiger partial charge in [-0.2, -0.15) is 0 Å². The maximum Gasteiger partial charge on any atom is 0.242 e. The lowest BCUT2D eigenvalue weighted by molar-refractivity contribution is -0.139. The van der Waals surface area contributed by atoms with Crippen LogP contribution in [0.5, 0.6) is 0 Å². The normalized spacial score (nSPS) is 18.5. The molecule has 1 fully saturated rings. The number of likely N-dealkylation sites (N-methyl/N-ethyl adjacent to an activating group) is 1. The fraction of sp³-hybridized carbons (Fsp3) is 0.474. The number of rotatable bonds is 6. The molecule has 1 unspecified atom stereocenters. The van der Waals surface area contributed by atoms with E-state index in [0.29, 0.717) is 19.4 Å². The van der Waals surface area contributed by atoms with Gasteiger partial charge in [0.1, 0.15) is 0 Å². The molecule has 1 aromatic heterocycles. The quantitative estimate of drug-likeness (QED) is 0.801. The zero-order valence-electron chi connectivity index (χ0n) is 15.6. The Labute approximate surface area is 159 Å². The summed E-state index contributed by atoms with van der Waals surface area (Å²) in [7, 11) is -1.44. The number of amides is 2. The summed E-state index contributed by atoms with van der Waals surface area (Å²) in [5, 5.41) is 1.11. The number of nitrogens with one attached hydrogen (secondary N) is 1. The molecule has 1 N–H and O–H groups in total. The molecule has 1 saturated heterocycles. The first kappa shape index (κ1) is 19.4. The summed E-state index contributed by atoms with van der Waals surface area (Å²) in [5.74, 6) is -0.279. The summed E-state index contributed by atoms with van der Waals surface area (Å²) in [6.07, 6.45) is 3.03. The number of para-hydroxylation sites is 1. The maximum absolute atomic E-state index is 12.6. The Hall–Kier alpha value is -2.35. The van der Waals surface area contributed by atoms with Crippen LogP contribution in [0.25, 0.3) is 10.9 Å². The molecule has 2 aromatic rings. The molecule has 3 rings (SSSR count). The molecule has 27 heavy (non-hydrogen) atoms. The van der Waals surface area contributed by atoms with Gasteiger partial charge in [-0.05, 0) is 24.5 Å². The van der Waals surface area contributed by atoms with Gasteiger partial charge >= 0.3 is 0 Å². The van der Waals surface area contributed by atoms with Gasteiger partial charge in [0.05, 0.1) is 18.1 Å². The minimum Gasteiger partial charge on any atom is -0.361 e. The van der Waals surface area contributed by atoms with E-state index in [0.717, 1.165) is 16.5 Å². The van der Waals surface area contributed by atoms with Gasteiger partial charge in [-0.25, -0.2) is 8.42 Å². The Morgan fingerprint density at radius 1 is 1.26 bits per heavy atom. The molecule has 146 valence electrons. The van der Waals surface area contributed by atoms with Gasteiger partial charge in [-0.15, -0.1) is 0 Å². The van der Waals surface area contributed by atoms with Crippen LogP contribution in [-0.4, -0.2) is 72.7 Å². The van der Waals surface area contributed by atoms with Crippen LogP contribution in [0.3, 0.4) is 0 Å². The van der Waals surface area contributed by atoms with Crippen molar-refractivity contribution in [1.29, 1.82) is 0 Å². The van der Waals surface area contributed by atoms with Crippen LogP contribution in [-0.2, 0) is 25.8 Å². The van der Waals surface area contributed by atoms with E-state index in [1.165, 1.54) is 16.7 Å². The number of carbonyl (C=O) groups is 2. The Morgan fingerprint density at radius 3 is 2.67 bits per heavy atom. The summed E-state index contributed by atoms with van der Waals surface area (Å²) in [6, 6.07) is 7.65. The largest absolute Gasteiger partial charge is 0.361 e. The summed E-state index contributed by atoms with van der Waals surface area (Å²) < 4.78 is 23.3. The highest BCUT2D eigenvalue weighted by molar-refractivity contribution is 7.91. The van der Waals surface area contributed by atoms with E-state index in [1.807, 2.05) is 30.5 Å². The number of aromatic amines is 1. The Kier molecular flexibility index (Phi) is 5.55. The molecular formula is C19H25N3O4S. The molecule has 1 aliphatic rings. The third-order valence-electron chi connectivity index (χ3n) is 5.25. The topological polar surface area (TPSA) is 90.6 Å². The zero-order valence-corrected chi connectivity index (χ0v) is 16.5. The van der Waals surface area contributed by atoms with Crippen molar-refractivity contribution in [1.82, 2.24) is 14.8 Å². The van der Waals surface area contributed by atoms with Gasteiger partial charge in [-0.3, -0.25) is 9.59 Å². The lowest BCUT2D eigenvalue weighted by Gasteiger charge is -2.27. The van der Waals surface area contributed by atoms with Gasteiger partial charge in [-0.1, -0.05) is 18.2 Å².